The summed E-state index contributed by atoms with van der Waals surface area (Å²) in [6, 6.07) is 1.94. The van der Waals surface area contributed by atoms with Gasteiger partial charge in [0.2, 0.25) is 0 Å². The number of aromatic nitrogens is 1. The van der Waals surface area contributed by atoms with Gasteiger partial charge < -0.3 is 9.84 Å². The van der Waals surface area contributed by atoms with Crippen molar-refractivity contribution in [2.24, 2.45) is 0 Å². The molecule has 0 aromatic carbocycles. The minimum absolute atomic E-state index is 0.0600. The van der Waals surface area contributed by atoms with E-state index in [-0.39, 0.29) is 12.5 Å². The zero-order chi connectivity index (χ0) is 13.0. The first kappa shape index (κ1) is 13.5. The first-order valence-corrected chi connectivity index (χ1v) is 6.57. The van der Waals surface area contributed by atoms with E-state index in [4.69, 9.17) is 9.84 Å². The SMILES string of the molecule is O=C(O)CC1COCCN1Cc1cncc(Br)c1. The van der Waals surface area contributed by atoms with Crippen LogP contribution in [0.4, 0.5) is 0 Å². The average Bonchev–Trinajstić information content (AvgIpc) is 2.31. The largest absolute Gasteiger partial charge is 0.481 e. The van der Waals surface area contributed by atoms with Gasteiger partial charge in [0.25, 0.3) is 0 Å². The molecule has 1 aromatic heterocycles. The third kappa shape index (κ3) is 3.76. The summed E-state index contributed by atoms with van der Waals surface area (Å²) in [6.45, 7) is 2.59. The Kier molecular flexibility index (Phi) is 4.68. The van der Waals surface area contributed by atoms with Crippen molar-refractivity contribution in [2.45, 2.75) is 19.0 Å². The van der Waals surface area contributed by atoms with E-state index in [9.17, 15) is 4.79 Å². The Morgan fingerprint density at radius 2 is 2.44 bits per heavy atom. The van der Waals surface area contributed by atoms with Crippen LogP contribution in [0.2, 0.25) is 0 Å². The summed E-state index contributed by atoms with van der Waals surface area (Å²) in [4.78, 5) is 17.1. The van der Waals surface area contributed by atoms with E-state index in [1.807, 2.05) is 6.07 Å². The number of hydrogen-bond acceptors (Lipinski definition) is 4. The van der Waals surface area contributed by atoms with Crippen LogP contribution in [0.1, 0.15) is 12.0 Å². The predicted octanol–water partition coefficient (Wildman–Crippen LogP) is 1.52. The van der Waals surface area contributed by atoms with E-state index in [0.29, 0.717) is 19.8 Å². The first-order valence-electron chi connectivity index (χ1n) is 5.78. The highest BCUT2D eigenvalue weighted by molar-refractivity contribution is 9.10. The Bertz CT molecular complexity index is 428. The lowest BCUT2D eigenvalue weighted by Crippen LogP contribution is -2.45. The second-order valence-corrected chi connectivity index (χ2v) is 5.22. The number of rotatable bonds is 4. The number of aliphatic carboxylic acids is 1. The summed E-state index contributed by atoms with van der Waals surface area (Å²) < 4.78 is 6.28. The summed E-state index contributed by atoms with van der Waals surface area (Å²) in [7, 11) is 0. The zero-order valence-corrected chi connectivity index (χ0v) is 11.5. The molecule has 5 nitrogen and oxygen atoms in total. The van der Waals surface area contributed by atoms with E-state index < -0.39 is 5.97 Å². The molecule has 0 amide bonds. The third-order valence-corrected chi connectivity index (χ3v) is 3.34. The van der Waals surface area contributed by atoms with Gasteiger partial charge in [-0.05, 0) is 27.6 Å². The van der Waals surface area contributed by atoms with Crippen LogP contribution >= 0.6 is 15.9 Å². The maximum atomic E-state index is 10.8. The molecule has 1 N–H and O–H groups in total. The highest BCUT2D eigenvalue weighted by Crippen LogP contribution is 2.16. The number of halogens is 1. The van der Waals surface area contributed by atoms with Gasteiger partial charge >= 0.3 is 5.97 Å². The second kappa shape index (κ2) is 6.26. The predicted molar refractivity (Wildman–Crippen MR) is 69.2 cm³/mol. The molecule has 0 bridgehead atoms. The number of morpholine rings is 1. The lowest BCUT2D eigenvalue weighted by Gasteiger charge is -2.34. The number of carbonyl (C=O) groups is 1. The van der Waals surface area contributed by atoms with E-state index in [0.717, 1.165) is 16.6 Å². The van der Waals surface area contributed by atoms with Gasteiger partial charge in [0.05, 0.1) is 19.6 Å². The smallest absolute Gasteiger partial charge is 0.305 e. The van der Waals surface area contributed by atoms with Crippen molar-refractivity contribution in [1.82, 2.24) is 9.88 Å². The number of carboxylic acid groups (broad SMARTS) is 1. The Labute approximate surface area is 114 Å². The number of hydrogen-bond donors (Lipinski definition) is 1. The van der Waals surface area contributed by atoms with Gasteiger partial charge in [0, 0.05) is 36.0 Å². The van der Waals surface area contributed by atoms with Crippen molar-refractivity contribution >= 4 is 21.9 Å². The van der Waals surface area contributed by atoms with E-state index >= 15 is 0 Å². The molecule has 0 aliphatic carbocycles. The Hall–Kier alpha value is -0.980. The van der Waals surface area contributed by atoms with Gasteiger partial charge in [-0.15, -0.1) is 0 Å². The topological polar surface area (TPSA) is 62.7 Å². The second-order valence-electron chi connectivity index (χ2n) is 4.31. The fourth-order valence-electron chi connectivity index (χ4n) is 2.06. The lowest BCUT2D eigenvalue weighted by molar-refractivity contribution is -0.140. The minimum Gasteiger partial charge on any atom is -0.481 e. The van der Waals surface area contributed by atoms with Gasteiger partial charge in [0.15, 0.2) is 0 Å². The first-order chi connectivity index (χ1) is 8.65. The summed E-state index contributed by atoms with van der Waals surface area (Å²) in [6.07, 6.45) is 3.65. The molecule has 0 saturated carbocycles. The molecule has 2 heterocycles. The molecule has 1 aromatic rings. The van der Waals surface area contributed by atoms with Crippen LogP contribution in [0.5, 0.6) is 0 Å². The molecule has 0 radical (unpaired) electrons. The molecule has 1 unspecified atom stereocenters. The van der Waals surface area contributed by atoms with Crippen molar-refractivity contribution in [3.8, 4) is 0 Å². The van der Waals surface area contributed by atoms with Gasteiger partial charge in [0.1, 0.15) is 0 Å². The molecule has 1 aliphatic heterocycles. The van der Waals surface area contributed by atoms with Gasteiger partial charge in [-0.2, -0.15) is 0 Å². The lowest BCUT2D eigenvalue weighted by atomic mass is 10.1. The molecule has 2 rings (SSSR count). The van der Waals surface area contributed by atoms with Gasteiger partial charge in [-0.25, -0.2) is 0 Å². The Morgan fingerprint density at radius 1 is 1.61 bits per heavy atom. The van der Waals surface area contributed by atoms with Crippen LogP contribution in [-0.2, 0) is 16.1 Å². The molecule has 1 saturated heterocycles. The van der Waals surface area contributed by atoms with Gasteiger partial charge in [-0.1, -0.05) is 0 Å². The Morgan fingerprint density at radius 3 is 3.17 bits per heavy atom. The molecule has 18 heavy (non-hydrogen) atoms. The van der Waals surface area contributed by atoms with Crippen molar-refractivity contribution in [3.63, 3.8) is 0 Å². The minimum atomic E-state index is -0.789. The van der Waals surface area contributed by atoms with E-state index in [1.165, 1.54) is 0 Å². The molecular weight excluding hydrogens is 300 g/mol. The van der Waals surface area contributed by atoms with Crippen LogP contribution in [0, 0.1) is 0 Å². The molecule has 6 heteroatoms. The maximum absolute atomic E-state index is 10.8. The standard InChI is InChI=1S/C12H15BrN2O3/c13-10-3-9(5-14-6-10)7-15-1-2-18-8-11(15)4-12(16)17/h3,5-6,11H,1-2,4,7-8H2,(H,16,17). The zero-order valence-electron chi connectivity index (χ0n) is 9.88. The van der Waals surface area contributed by atoms with Crippen LogP contribution in [0.25, 0.3) is 0 Å². The fraction of sp³-hybridized carbons (Fsp3) is 0.500. The Balaban J connectivity index is 2.03. The van der Waals surface area contributed by atoms with E-state index in [2.05, 4.69) is 25.8 Å². The number of pyridine rings is 1. The van der Waals surface area contributed by atoms with Crippen LogP contribution in [-0.4, -0.2) is 46.8 Å². The number of ether oxygens (including phenoxy) is 1. The van der Waals surface area contributed by atoms with Crippen molar-refractivity contribution in [2.75, 3.05) is 19.8 Å². The van der Waals surface area contributed by atoms with E-state index in [1.54, 1.807) is 12.4 Å². The normalized spacial score (nSPS) is 20.8. The maximum Gasteiger partial charge on any atom is 0.305 e. The molecular formula is C12H15BrN2O3. The third-order valence-electron chi connectivity index (χ3n) is 2.91. The van der Waals surface area contributed by atoms with Crippen LogP contribution in [0.3, 0.4) is 0 Å². The number of nitrogens with zero attached hydrogens (tertiary/aromatic N) is 2. The van der Waals surface area contributed by atoms with Crippen molar-refractivity contribution < 1.29 is 14.6 Å². The van der Waals surface area contributed by atoms with Gasteiger partial charge in [-0.3, -0.25) is 14.7 Å². The van der Waals surface area contributed by atoms with Crippen molar-refractivity contribution in [1.29, 1.82) is 0 Å². The summed E-state index contributed by atoms with van der Waals surface area (Å²) in [5.41, 5.74) is 1.07. The molecule has 1 fully saturated rings. The van der Waals surface area contributed by atoms with Crippen LogP contribution in [0.15, 0.2) is 22.9 Å². The molecule has 0 spiro atoms. The molecule has 1 atom stereocenters. The fourth-order valence-corrected chi connectivity index (χ4v) is 2.48. The highest BCUT2D eigenvalue weighted by atomic mass is 79.9. The molecule has 98 valence electrons. The highest BCUT2D eigenvalue weighted by Gasteiger charge is 2.25. The quantitative estimate of drug-likeness (QED) is 0.913. The molecule has 1 aliphatic rings. The summed E-state index contributed by atoms with van der Waals surface area (Å²) >= 11 is 3.38. The summed E-state index contributed by atoms with van der Waals surface area (Å²) in [5, 5.41) is 8.89. The average molecular weight is 315 g/mol. The van der Waals surface area contributed by atoms with Crippen molar-refractivity contribution in [3.05, 3.63) is 28.5 Å². The monoisotopic (exact) mass is 314 g/mol. The summed E-state index contributed by atoms with van der Waals surface area (Å²) in [5.74, 6) is -0.789. The number of carboxylic acids is 1. The van der Waals surface area contributed by atoms with Crippen LogP contribution < -0.4 is 0 Å².